The number of rotatable bonds is 8. The van der Waals surface area contributed by atoms with Gasteiger partial charge in [0, 0.05) is 58.6 Å². The van der Waals surface area contributed by atoms with Crippen LogP contribution in [0, 0.1) is 19.7 Å². The lowest BCUT2D eigenvalue weighted by atomic mass is 10.1. The lowest BCUT2D eigenvalue weighted by Crippen LogP contribution is -2.48. The Morgan fingerprint density at radius 1 is 1.18 bits per heavy atom. The second kappa shape index (κ2) is 13.1. The molecule has 0 bridgehead atoms. The number of aromatic nitrogens is 2. The van der Waals surface area contributed by atoms with E-state index in [4.69, 9.17) is 0 Å². The number of piperazine rings is 1. The third-order valence-electron chi connectivity index (χ3n) is 6.28. The first-order chi connectivity index (χ1) is 15.4. The predicted molar refractivity (Wildman–Crippen MR) is 145 cm³/mol. The third kappa shape index (κ3) is 7.56. The number of aliphatic imine (C=N–C) groups is 1. The Bertz CT molecular complexity index is 906. The molecule has 2 heterocycles. The van der Waals surface area contributed by atoms with E-state index in [1.165, 1.54) is 17.3 Å². The number of hydrogen-bond donors (Lipinski definition) is 2. The van der Waals surface area contributed by atoms with E-state index in [0.717, 1.165) is 69.5 Å². The van der Waals surface area contributed by atoms with Crippen molar-refractivity contribution in [1.82, 2.24) is 25.3 Å². The first-order valence-corrected chi connectivity index (χ1v) is 11.6. The Morgan fingerprint density at radius 3 is 2.48 bits per heavy atom. The van der Waals surface area contributed by atoms with Crippen LogP contribution in [0.25, 0.3) is 0 Å². The molecule has 33 heavy (non-hydrogen) atoms. The second-order valence-corrected chi connectivity index (χ2v) is 8.66. The van der Waals surface area contributed by atoms with E-state index >= 15 is 0 Å². The first-order valence-electron chi connectivity index (χ1n) is 11.6. The number of aryl methyl sites for hydroxylation is 2. The van der Waals surface area contributed by atoms with Gasteiger partial charge in [-0.25, -0.2) is 4.39 Å². The average molecular weight is 572 g/mol. The number of nitrogens with zero attached hydrogens (tertiary/aromatic N) is 5. The number of anilines is 1. The van der Waals surface area contributed by atoms with E-state index in [0.29, 0.717) is 0 Å². The van der Waals surface area contributed by atoms with Crippen LogP contribution < -0.4 is 15.5 Å². The molecule has 1 fully saturated rings. The number of para-hydroxylation sites is 1. The summed E-state index contributed by atoms with van der Waals surface area (Å²) in [4.78, 5) is 8.97. The van der Waals surface area contributed by atoms with E-state index < -0.39 is 0 Å². The maximum absolute atomic E-state index is 14.0. The highest BCUT2D eigenvalue weighted by molar-refractivity contribution is 14.0. The van der Waals surface area contributed by atoms with Gasteiger partial charge in [0.1, 0.15) is 5.82 Å². The van der Waals surface area contributed by atoms with E-state index in [9.17, 15) is 4.39 Å². The molecule has 2 aromatic rings. The maximum Gasteiger partial charge on any atom is 0.191 e. The van der Waals surface area contributed by atoms with Gasteiger partial charge in [-0.15, -0.1) is 24.0 Å². The quantitative estimate of drug-likeness (QED) is 0.221. The summed E-state index contributed by atoms with van der Waals surface area (Å²) in [6, 6.07) is 7.30. The normalized spacial score (nSPS) is 15.8. The molecule has 184 valence electrons. The zero-order valence-corrected chi connectivity index (χ0v) is 22.9. The van der Waals surface area contributed by atoms with Crippen LogP contribution in [0.2, 0.25) is 0 Å². The van der Waals surface area contributed by atoms with Crippen LogP contribution in [0.15, 0.2) is 29.3 Å². The average Bonchev–Trinajstić information content (AvgIpc) is 3.02. The van der Waals surface area contributed by atoms with Gasteiger partial charge in [0.2, 0.25) is 0 Å². The number of nitrogens with one attached hydrogen (secondary N) is 2. The van der Waals surface area contributed by atoms with Crippen LogP contribution in [0.5, 0.6) is 0 Å². The van der Waals surface area contributed by atoms with Gasteiger partial charge in [-0.2, -0.15) is 5.10 Å². The summed E-state index contributed by atoms with van der Waals surface area (Å²) in [6.45, 7) is 11.9. The summed E-state index contributed by atoms with van der Waals surface area (Å²) in [5, 5.41) is 11.4. The van der Waals surface area contributed by atoms with E-state index in [2.05, 4.69) is 51.3 Å². The monoisotopic (exact) mass is 571 g/mol. The summed E-state index contributed by atoms with van der Waals surface area (Å²) in [5.74, 6) is 0.702. The fraction of sp³-hybridized carbons (Fsp3) is 0.583. The van der Waals surface area contributed by atoms with Gasteiger partial charge in [-0.3, -0.25) is 14.6 Å². The highest BCUT2D eigenvalue weighted by Gasteiger charge is 2.19. The summed E-state index contributed by atoms with van der Waals surface area (Å²) >= 11 is 0. The Morgan fingerprint density at radius 2 is 1.88 bits per heavy atom. The first kappa shape index (κ1) is 27.4. The molecule has 1 aliphatic rings. The zero-order valence-electron chi connectivity index (χ0n) is 20.6. The van der Waals surface area contributed by atoms with Crippen molar-refractivity contribution in [1.29, 1.82) is 0 Å². The Kier molecular flexibility index (Phi) is 10.9. The highest BCUT2D eigenvalue weighted by atomic mass is 127. The standard InChI is InChI=1S/C24H38FN7.HI/c1-18(17-21-19(2)29-30(5)20(21)3)28-24(26-4)27-11-8-12-31-13-15-32(16-14-31)23-10-7-6-9-22(23)25;/h6-7,9-10,18H,8,11-17H2,1-5H3,(H2,26,27,28);1H. The Hall–Kier alpha value is -1.88. The molecule has 3 rings (SSSR count). The molecule has 0 amide bonds. The van der Waals surface area contributed by atoms with E-state index in [1.54, 1.807) is 6.07 Å². The van der Waals surface area contributed by atoms with E-state index in [-0.39, 0.29) is 35.8 Å². The summed E-state index contributed by atoms with van der Waals surface area (Å²) in [5.41, 5.74) is 4.33. The van der Waals surface area contributed by atoms with Crippen molar-refractivity contribution in [2.45, 2.75) is 39.7 Å². The third-order valence-corrected chi connectivity index (χ3v) is 6.28. The molecule has 1 atom stereocenters. The maximum atomic E-state index is 14.0. The van der Waals surface area contributed by atoms with Gasteiger partial charge in [0.05, 0.1) is 11.4 Å². The minimum atomic E-state index is -0.132. The van der Waals surface area contributed by atoms with Crippen molar-refractivity contribution in [3.05, 3.63) is 47.0 Å². The zero-order chi connectivity index (χ0) is 23.1. The van der Waals surface area contributed by atoms with Crippen molar-refractivity contribution in [2.75, 3.05) is 51.2 Å². The molecule has 2 N–H and O–H groups in total. The number of benzene rings is 1. The topological polar surface area (TPSA) is 60.7 Å². The lowest BCUT2D eigenvalue weighted by molar-refractivity contribution is 0.254. The number of hydrogen-bond acceptors (Lipinski definition) is 4. The van der Waals surface area contributed by atoms with Gasteiger partial charge in [-0.05, 0) is 57.9 Å². The van der Waals surface area contributed by atoms with Gasteiger partial charge >= 0.3 is 0 Å². The fourth-order valence-electron chi connectivity index (χ4n) is 4.33. The van der Waals surface area contributed by atoms with Gasteiger partial charge < -0.3 is 15.5 Å². The summed E-state index contributed by atoms with van der Waals surface area (Å²) in [7, 11) is 3.80. The van der Waals surface area contributed by atoms with Crippen molar-refractivity contribution in [3.8, 4) is 0 Å². The van der Waals surface area contributed by atoms with Crippen LogP contribution in [0.3, 0.4) is 0 Å². The molecule has 1 saturated heterocycles. The van der Waals surface area contributed by atoms with Gasteiger partial charge in [-0.1, -0.05) is 12.1 Å². The molecular formula is C24H39FIN7. The second-order valence-electron chi connectivity index (χ2n) is 8.66. The lowest BCUT2D eigenvalue weighted by Gasteiger charge is -2.36. The van der Waals surface area contributed by atoms with Crippen molar-refractivity contribution in [3.63, 3.8) is 0 Å². The van der Waals surface area contributed by atoms with Crippen LogP contribution in [0.1, 0.15) is 30.3 Å². The fourth-order valence-corrected chi connectivity index (χ4v) is 4.33. The SMILES string of the molecule is CN=C(NCCCN1CCN(c2ccccc2F)CC1)NC(C)Cc1c(C)nn(C)c1C.I. The largest absolute Gasteiger partial charge is 0.367 e. The van der Waals surface area contributed by atoms with Crippen molar-refractivity contribution < 1.29 is 4.39 Å². The van der Waals surface area contributed by atoms with Crippen molar-refractivity contribution in [2.24, 2.45) is 12.0 Å². The molecule has 7 nitrogen and oxygen atoms in total. The van der Waals surface area contributed by atoms with Crippen molar-refractivity contribution >= 4 is 35.6 Å². The molecular weight excluding hydrogens is 532 g/mol. The van der Waals surface area contributed by atoms with Crippen LogP contribution in [-0.2, 0) is 13.5 Å². The van der Waals surface area contributed by atoms with Gasteiger partial charge in [0.25, 0.3) is 0 Å². The van der Waals surface area contributed by atoms with E-state index in [1.807, 2.05) is 30.9 Å². The summed E-state index contributed by atoms with van der Waals surface area (Å²) < 4.78 is 15.9. The Labute approximate surface area is 214 Å². The molecule has 0 radical (unpaired) electrons. The minimum absolute atomic E-state index is 0. The smallest absolute Gasteiger partial charge is 0.191 e. The Balaban J connectivity index is 0.00000385. The van der Waals surface area contributed by atoms with Crippen LogP contribution in [-0.4, -0.2) is 73.0 Å². The summed E-state index contributed by atoms with van der Waals surface area (Å²) in [6.07, 6.45) is 1.95. The predicted octanol–water partition coefficient (Wildman–Crippen LogP) is 3.10. The molecule has 1 aliphatic heterocycles. The minimum Gasteiger partial charge on any atom is -0.367 e. The molecule has 1 aromatic heterocycles. The molecule has 1 unspecified atom stereocenters. The molecule has 0 saturated carbocycles. The molecule has 0 aliphatic carbocycles. The van der Waals surface area contributed by atoms with Gasteiger partial charge in [0.15, 0.2) is 5.96 Å². The molecule has 9 heteroatoms. The highest BCUT2D eigenvalue weighted by Crippen LogP contribution is 2.20. The molecule has 0 spiro atoms. The molecule has 1 aromatic carbocycles. The number of halogens is 2. The van der Waals surface area contributed by atoms with Crippen LogP contribution >= 0.6 is 24.0 Å². The number of guanidine groups is 1. The van der Waals surface area contributed by atoms with Crippen LogP contribution in [0.4, 0.5) is 10.1 Å².